The largest absolute Gasteiger partial charge is 0.349 e. The molecule has 1 amide bonds. The van der Waals surface area contributed by atoms with Gasteiger partial charge in [-0.15, -0.1) is 0 Å². The van der Waals surface area contributed by atoms with Crippen LogP contribution in [0.1, 0.15) is 23.1 Å². The number of nitrogens with zero attached hydrogens (tertiary/aromatic N) is 3. The molecular formula is C14H20N4O. The van der Waals surface area contributed by atoms with E-state index < -0.39 is 0 Å². The van der Waals surface area contributed by atoms with Gasteiger partial charge in [0.15, 0.2) is 0 Å². The highest BCUT2D eigenvalue weighted by Gasteiger charge is 2.17. The summed E-state index contributed by atoms with van der Waals surface area (Å²) in [4.78, 5) is 18.8. The van der Waals surface area contributed by atoms with Crippen LogP contribution in [0.4, 0.5) is 0 Å². The van der Waals surface area contributed by atoms with Crippen LogP contribution in [0.2, 0.25) is 0 Å². The first-order chi connectivity index (χ1) is 9.13. The van der Waals surface area contributed by atoms with Gasteiger partial charge >= 0.3 is 0 Å². The summed E-state index contributed by atoms with van der Waals surface area (Å²) in [6.07, 6.45) is 2.63. The number of nitrogens with one attached hydrogen (secondary N) is 1. The fraction of sp³-hybridized carbons (Fsp3) is 0.429. The Hall–Kier alpha value is -1.88. The van der Waals surface area contributed by atoms with E-state index in [0.29, 0.717) is 12.2 Å². The fourth-order valence-electron chi connectivity index (χ4n) is 2.01. The number of hydrogen-bond acceptors (Lipinski definition) is 3. The molecule has 0 aliphatic carbocycles. The molecule has 102 valence electrons. The highest BCUT2D eigenvalue weighted by molar-refractivity contribution is 5.94. The number of imidazole rings is 1. The van der Waals surface area contributed by atoms with Gasteiger partial charge in [0.05, 0.1) is 5.69 Å². The molecule has 0 aromatic carbocycles. The topological polar surface area (TPSA) is 49.6 Å². The third-order valence-electron chi connectivity index (χ3n) is 3.00. The predicted molar refractivity (Wildman–Crippen MR) is 75.5 cm³/mol. The van der Waals surface area contributed by atoms with Crippen molar-refractivity contribution >= 4 is 11.6 Å². The number of carbonyl (C=O) groups excluding carboxylic acids is 1. The normalized spacial score (nSPS) is 11.2. The van der Waals surface area contributed by atoms with E-state index in [-0.39, 0.29) is 5.91 Å². The van der Waals surface area contributed by atoms with Crippen molar-refractivity contribution in [3.8, 4) is 0 Å². The molecule has 0 spiro atoms. The Morgan fingerprint density at radius 2 is 2.21 bits per heavy atom. The van der Waals surface area contributed by atoms with Gasteiger partial charge in [-0.2, -0.15) is 0 Å². The van der Waals surface area contributed by atoms with E-state index in [1.54, 1.807) is 0 Å². The molecule has 0 saturated carbocycles. The van der Waals surface area contributed by atoms with Crippen molar-refractivity contribution in [2.24, 2.45) is 0 Å². The van der Waals surface area contributed by atoms with Crippen LogP contribution in [-0.4, -0.2) is 47.4 Å². The number of aromatic nitrogens is 2. The molecule has 0 atom stereocenters. The highest BCUT2D eigenvalue weighted by atomic mass is 16.1. The Labute approximate surface area is 113 Å². The summed E-state index contributed by atoms with van der Waals surface area (Å²) in [6.45, 7) is 3.47. The lowest BCUT2D eigenvalue weighted by Crippen LogP contribution is -2.32. The molecule has 2 aromatic rings. The molecule has 5 nitrogen and oxygen atoms in total. The van der Waals surface area contributed by atoms with Crippen molar-refractivity contribution in [3.05, 3.63) is 35.8 Å². The molecule has 2 aromatic heterocycles. The van der Waals surface area contributed by atoms with Crippen LogP contribution in [0.25, 0.3) is 5.65 Å². The van der Waals surface area contributed by atoms with Gasteiger partial charge in [0.25, 0.3) is 5.91 Å². The summed E-state index contributed by atoms with van der Waals surface area (Å²) in [5.74, 6) is -0.0580. The Morgan fingerprint density at radius 1 is 1.42 bits per heavy atom. The summed E-state index contributed by atoms with van der Waals surface area (Å²) < 4.78 is 1.85. The van der Waals surface area contributed by atoms with Crippen molar-refractivity contribution in [2.75, 3.05) is 27.2 Å². The summed E-state index contributed by atoms with van der Waals surface area (Å²) in [5.41, 5.74) is 2.31. The second kappa shape index (κ2) is 5.84. The first kappa shape index (κ1) is 13.5. The smallest absolute Gasteiger partial charge is 0.270 e. The minimum Gasteiger partial charge on any atom is -0.349 e. The number of fused-ring (bicyclic) bond motifs is 1. The summed E-state index contributed by atoms with van der Waals surface area (Å²) in [5, 5.41) is 2.94. The average molecular weight is 260 g/mol. The molecule has 5 heteroatoms. The van der Waals surface area contributed by atoms with Crippen molar-refractivity contribution < 1.29 is 4.79 Å². The minimum atomic E-state index is -0.0580. The van der Waals surface area contributed by atoms with Crippen LogP contribution in [-0.2, 0) is 6.42 Å². The van der Waals surface area contributed by atoms with Gasteiger partial charge in [0, 0.05) is 19.3 Å². The molecule has 0 fully saturated rings. The standard InChI is InChI=1S/C14H20N4O/c1-4-11-13(14(19)15-8-10-17(2)3)18-9-6-5-7-12(18)16-11/h5-7,9H,4,8,10H2,1-3H3,(H,15,19). The average Bonchev–Trinajstić information content (AvgIpc) is 2.76. The van der Waals surface area contributed by atoms with Crippen LogP contribution in [0, 0.1) is 0 Å². The Kier molecular flexibility index (Phi) is 4.16. The maximum Gasteiger partial charge on any atom is 0.270 e. The predicted octanol–water partition coefficient (Wildman–Crippen LogP) is 1.19. The maximum absolute atomic E-state index is 12.3. The van der Waals surface area contributed by atoms with E-state index in [0.717, 1.165) is 24.3 Å². The number of likely N-dealkylation sites (N-methyl/N-ethyl adjacent to an activating group) is 1. The molecular weight excluding hydrogens is 240 g/mol. The zero-order chi connectivity index (χ0) is 13.8. The van der Waals surface area contributed by atoms with E-state index in [4.69, 9.17) is 0 Å². The Morgan fingerprint density at radius 3 is 2.89 bits per heavy atom. The fourth-order valence-corrected chi connectivity index (χ4v) is 2.01. The van der Waals surface area contributed by atoms with Gasteiger partial charge < -0.3 is 10.2 Å². The SMILES string of the molecule is CCc1nc2ccccn2c1C(=O)NCCN(C)C. The molecule has 0 radical (unpaired) electrons. The van der Waals surface area contributed by atoms with Crippen LogP contribution < -0.4 is 5.32 Å². The molecule has 0 aliphatic rings. The van der Waals surface area contributed by atoms with Gasteiger partial charge in [0.2, 0.25) is 0 Å². The Bertz CT molecular complexity index is 574. The van der Waals surface area contributed by atoms with Crippen LogP contribution in [0.5, 0.6) is 0 Å². The molecule has 19 heavy (non-hydrogen) atoms. The van der Waals surface area contributed by atoms with Crippen molar-refractivity contribution in [2.45, 2.75) is 13.3 Å². The van der Waals surface area contributed by atoms with Gasteiger partial charge in [-0.05, 0) is 32.6 Å². The van der Waals surface area contributed by atoms with E-state index in [1.807, 2.05) is 54.7 Å². The third-order valence-corrected chi connectivity index (χ3v) is 3.00. The number of pyridine rings is 1. The maximum atomic E-state index is 12.3. The zero-order valence-electron chi connectivity index (χ0n) is 11.7. The highest BCUT2D eigenvalue weighted by Crippen LogP contribution is 2.13. The van der Waals surface area contributed by atoms with Crippen LogP contribution >= 0.6 is 0 Å². The summed E-state index contributed by atoms with van der Waals surface area (Å²) >= 11 is 0. The molecule has 0 saturated heterocycles. The third kappa shape index (κ3) is 2.93. The van der Waals surface area contributed by atoms with Crippen LogP contribution in [0.3, 0.4) is 0 Å². The van der Waals surface area contributed by atoms with Crippen molar-refractivity contribution in [3.63, 3.8) is 0 Å². The Balaban J connectivity index is 2.25. The summed E-state index contributed by atoms with van der Waals surface area (Å²) in [6, 6.07) is 5.75. The van der Waals surface area contributed by atoms with Crippen LogP contribution in [0.15, 0.2) is 24.4 Å². The number of hydrogen-bond donors (Lipinski definition) is 1. The molecule has 0 aliphatic heterocycles. The molecule has 0 bridgehead atoms. The zero-order valence-corrected chi connectivity index (χ0v) is 11.7. The first-order valence-corrected chi connectivity index (χ1v) is 6.52. The molecule has 1 N–H and O–H groups in total. The van der Waals surface area contributed by atoms with Gasteiger partial charge in [-0.3, -0.25) is 9.20 Å². The lowest BCUT2D eigenvalue weighted by Gasteiger charge is -2.10. The van der Waals surface area contributed by atoms with E-state index in [9.17, 15) is 4.79 Å². The first-order valence-electron chi connectivity index (χ1n) is 6.52. The number of aryl methyl sites for hydroxylation is 1. The number of amides is 1. The van der Waals surface area contributed by atoms with E-state index in [2.05, 4.69) is 10.3 Å². The monoisotopic (exact) mass is 260 g/mol. The molecule has 2 rings (SSSR count). The van der Waals surface area contributed by atoms with E-state index in [1.165, 1.54) is 0 Å². The van der Waals surface area contributed by atoms with Gasteiger partial charge in [0.1, 0.15) is 11.3 Å². The summed E-state index contributed by atoms with van der Waals surface area (Å²) in [7, 11) is 3.97. The number of rotatable bonds is 5. The lowest BCUT2D eigenvalue weighted by molar-refractivity contribution is 0.0944. The van der Waals surface area contributed by atoms with Crippen molar-refractivity contribution in [1.29, 1.82) is 0 Å². The van der Waals surface area contributed by atoms with E-state index >= 15 is 0 Å². The molecule has 0 unspecified atom stereocenters. The number of carbonyl (C=O) groups is 1. The second-order valence-corrected chi connectivity index (χ2v) is 4.75. The minimum absolute atomic E-state index is 0.0580. The quantitative estimate of drug-likeness (QED) is 0.878. The van der Waals surface area contributed by atoms with Gasteiger partial charge in [-0.1, -0.05) is 13.0 Å². The van der Waals surface area contributed by atoms with Gasteiger partial charge in [-0.25, -0.2) is 4.98 Å². The van der Waals surface area contributed by atoms with Crippen molar-refractivity contribution in [1.82, 2.24) is 19.6 Å². The lowest BCUT2D eigenvalue weighted by atomic mass is 10.2. The molecule has 2 heterocycles. The second-order valence-electron chi connectivity index (χ2n) is 4.75.